The van der Waals surface area contributed by atoms with Crippen LogP contribution in [0.25, 0.3) is 0 Å². The van der Waals surface area contributed by atoms with Gasteiger partial charge in [-0.25, -0.2) is 4.79 Å². The molecule has 1 aliphatic rings. The number of nitrogens with one attached hydrogen (secondary N) is 1. The summed E-state index contributed by atoms with van der Waals surface area (Å²) in [5, 5.41) is 3.15. The van der Waals surface area contributed by atoms with Crippen molar-refractivity contribution in [3.05, 3.63) is 88.5 Å². The van der Waals surface area contributed by atoms with Crippen molar-refractivity contribution in [2.45, 2.75) is 12.8 Å². The van der Waals surface area contributed by atoms with E-state index in [0.29, 0.717) is 5.56 Å². The topological polar surface area (TPSA) is 47.6 Å². The van der Waals surface area contributed by atoms with Gasteiger partial charge in [-0.2, -0.15) is 0 Å². The summed E-state index contributed by atoms with van der Waals surface area (Å²) in [4.78, 5) is 12.4. The van der Waals surface area contributed by atoms with E-state index >= 15 is 0 Å². The van der Waals surface area contributed by atoms with Crippen LogP contribution in [0.5, 0.6) is 11.5 Å². The van der Waals surface area contributed by atoms with Crippen molar-refractivity contribution < 1.29 is 14.3 Å². The maximum atomic E-state index is 12.4. The first-order valence-electron chi connectivity index (χ1n) is 8.89. The van der Waals surface area contributed by atoms with E-state index in [-0.39, 0.29) is 11.9 Å². The summed E-state index contributed by atoms with van der Waals surface area (Å²) in [6.07, 6.45) is 0. The molecule has 1 unspecified atom stereocenters. The Labute approximate surface area is 158 Å². The van der Waals surface area contributed by atoms with Crippen molar-refractivity contribution in [2.75, 3.05) is 19.5 Å². The van der Waals surface area contributed by atoms with E-state index in [1.165, 1.54) is 7.11 Å². The molecule has 1 N–H and O–H groups in total. The maximum absolute atomic E-state index is 12.4. The van der Waals surface area contributed by atoms with Crippen molar-refractivity contribution in [3.8, 4) is 11.5 Å². The number of hydrogen-bond acceptors (Lipinski definition) is 4. The monoisotopic (exact) mass is 359 g/mol. The van der Waals surface area contributed by atoms with Crippen LogP contribution in [0.2, 0.25) is 0 Å². The van der Waals surface area contributed by atoms with Crippen molar-refractivity contribution in [1.82, 2.24) is 0 Å². The summed E-state index contributed by atoms with van der Waals surface area (Å²) in [5.74, 6) is 1.18. The molecule has 4 nitrogen and oxygen atoms in total. The number of benzene rings is 3. The number of carbonyl (C=O) groups is 1. The molecular formula is C23H21NO3. The molecule has 0 bridgehead atoms. The van der Waals surface area contributed by atoms with E-state index in [1.54, 1.807) is 0 Å². The smallest absolute Gasteiger partial charge is 0.338 e. The molecular weight excluding hydrogens is 338 g/mol. The third-order valence-corrected chi connectivity index (χ3v) is 4.99. The first-order valence-corrected chi connectivity index (χ1v) is 8.89. The molecule has 0 amide bonds. The lowest BCUT2D eigenvalue weighted by molar-refractivity contribution is 0.0599. The fraction of sp³-hybridized carbons (Fsp3) is 0.174. The fourth-order valence-corrected chi connectivity index (χ4v) is 3.65. The number of fused-ring (bicyclic) bond motifs is 2. The van der Waals surface area contributed by atoms with Crippen LogP contribution in [0.4, 0.5) is 5.69 Å². The molecule has 4 rings (SSSR count). The quantitative estimate of drug-likeness (QED) is 0.517. The maximum Gasteiger partial charge on any atom is 0.338 e. The molecule has 1 heterocycles. The van der Waals surface area contributed by atoms with Gasteiger partial charge >= 0.3 is 5.97 Å². The molecule has 0 aromatic heterocycles. The highest BCUT2D eigenvalue weighted by Crippen LogP contribution is 2.48. The van der Waals surface area contributed by atoms with Crippen LogP contribution in [0.15, 0.2) is 60.7 Å². The van der Waals surface area contributed by atoms with E-state index in [0.717, 1.165) is 39.4 Å². The molecule has 0 fully saturated rings. The number of ether oxygens (including phenoxy) is 2. The zero-order valence-electron chi connectivity index (χ0n) is 15.6. The molecule has 1 aliphatic heterocycles. The average Bonchev–Trinajstić information content (AvgIpc) is 2.70. The fourth-order valence-electron chi connectivity index (χ4n) is 3.65. The molecule has 3 aromatic rings. The Morgan fingerprint density at radius 1 is 0.963 bits per heavy atom. The predicted octanol–water partition coefficient (Wildman–Crippen LogP) is 5.11. The molecule has 3 aromatic carbocycles. The van der Waals surface area contributed by atoms with Gasteiger partial charge in [0, 0.05) is 35.8 Å². The van der Waals surface area contributed by atoms with Gasteiger partial charge < -0.3 is 14.8 Å². The van der Waals surface area contributed by atoms with Gasteiger partial charge in [0.2, 0.25) is 0 Å². The van der Waals surface area contributed by atoms with Gasteiger partial charge in [0.25, 0.3) is 0 Å². The minimum absolute atomic E-state index is 0.106. The standard InChI is InChI=1S/C23H21NO3/c1-14-8-10-18-20(12-14)27-21-13-15(24-2)9-11-19(21)22(18)16-6-4-5-7-17(16)23(25)26-3/h4-13,22,24H,1-3H3. The Morgan fingerprint density at radius 3 is 2.41 bits per heavy atom. The predicted molar refractivity (Wildman–Crippen MR) is 106 cm³/mol. The summed E-state index contributed by atoms with van der Waals surface area (Å²) < 4.78 is 11.2. The number of carbonyl (C=O) groups excluding carboxylic acids is 1. The summed E-state index contributed by atoms with van der Waals surface area (Å²) in [6.45, 7) is 2.04. The molecule has 0 spiro atoms. The van der Waals surface area contributed by atoms with Crippen molar-refractivity contribution in [1.29, 1.82) is 0 Å². The Kier molecular flexibility index (Phi) is 4.32. The Morgan fingerprint density at radius 2 is 1.67 bits per heavy atom. The Hall–Kier alpha value is -3.27. The highest BCUT2D eigenvalue weighted by molar-refractivity contribution is 5.92. The molecule has 27 heavy (non-hydrogen) atoms. The van der Waals surface area contributed by atoms with Crippen LogP contribution in [0.1, 0.15) is 38.5 Å². The van der Waals surface area contributed by atoms with E-state index in [9.17, 15) is 4.79 Å². The second kappa shape index (κ2) is 6.80. The Balaban J connectivity index is 1.97. The highest BCUT2D eigenvalue weighted by Gasteiger charge is 2.31. The van der Waals surface area contributed by atoms with Gasteiger partial charge in [-0.15, -0.1) is 0 Å². The molecule has 1 atom stereocenters. The zero-order valence-corrected chi connectivity index (χ0v) is 15.6. The number of aryl methyl sites for hydroxylation is 1. The highest BCUT2D eigenvalue weighted by atomic mass is 16.5. The molecule has 0 saturated heterocycles. The molecule has 0 saturated carbocycles. The summed E-state index contributed by atoms with van der Waals surface area (Å²) in [7, 11) is 3.29. The van der Waals surface area contributed by atoms with Crippen LogP contribution in [-0.2, 0) is 4.74 Å². The van der Waals surface area contributed by atoms with Crippen LogP contribution in [0, 0.1) is 6.92 Å². The van der Waals surface area contributed by atoms with Crippen LogP contribution in [0.3, 0.4) is 0 Å². The van der Waals surface area contributed by atoms with Gasteiger partial charge in [-0.05, 0) is 36.2 Å². The molecule has 4 heteroatoms. The molecule has 0 radical (unpaired) electrons. The minimum atomic E-state index is -0.334. The van der Waals surface area contributed by atoms with Gasteiger partial charge in [-0.1, -0.05) is 36.4 Å². The normalized spacial score (nSPS) is 14.6. The third-order valence-electron chi connectivity index (χ3n) is 4.99. The van der Waals surface area contributed by atoms with Crippen molar-refractivity contribution in [3.63, 3.8) is 0 Å². The first kappa shape index (κ1) is 17.2. The second-order valence-corrected chi connectivity index (χ2v) is 6.66. The lowest BCUT2D eigenvalue weighted by Crippen LogP contribution is -2.16. The summed E-state index contributed by atoms with van der Waals surface area (Å²) in [6, 6.07) is 19.9. The van der Waals surface area contributed by atoms with E-state index in [4.69, 9.17) is 9.47 Å². The third kappa shape index (κ3) is 2.93. The Bertz CT molecular complexity index is 1030. The largest absolute Gasteiger partial charge is 0.465 e. The van der Waals surface area contributed by atoms with E-state index < -0.39 is 0 Å². The summed E-state index contributed by atoms with van der Waals surface area (Å²) in [5.41, 5.74) is 5.66. The van der Waals surface area contributed by atoms with E-state index in [1.807, 2.05) is 56.4 Å². The minimum Gasteiger partial charge on any atom is -0.465 e. The number of esters is 1. The number of hydrogen-bond donors (Lipinski definition) is 1. The number of methoxy groups -OCH3 is 1. The van der Waals surface area contributed by atoms with Gasteiger partial charge in [-0.3, -0.25) is 0 Å². The van der Waals surface area contributed by atoms with Gasteiger partial charge in [0.1, 0.15) is 11.5 Å². The number of anilines is 1. The van der Waals surface area contributed by atoms with E-state index in [2.05, 4.69) is 23.5 Å². The average molecular weight is 359 g/mol. The molecule has 0 aliphatic carbocycles. The first-order chi connectivity index (χ1) is 13.1. The van der Waals surface area contributed by atoms with Crippen molar-refractivity contribution >= 4 is 11.7 Å². The van der Waals surface area contributed by atoms with Gasteiger partial charge in [0.05, 0.1) is 12.7 Å². The zero-order chi connectivity index (χ0) is 19.0. The van der Waals surface area contributed by atoms with Gasteiger partial charge in [0.15, 0.2) is 0 Å². The lowest BCUT2D eigenvalue weighted by atomic mass is 9.80. The lowest BCUT2D eigenvalue weighted by Gasteiger charge is -2.30. The van der Waals surface area contributed by atoms with Crippen LogP contribution >= 0.6 is 0 Å². The van der Waals surface area contributed by atoms with Crippen LogP contribution in [-0.4, -0.2) is 20.1 Å². The second-order valence-electron chi connectivity index (χ2n) is 6.66. The molecule has 136 valence electrons. The van der Waals surface area contributed by atoms with Crippen molar-refractivity contribution in [2.24, 2.45) is 0 Å². The summed E-state index contributed by atoms with van der Waals surface area (Å²) >= 11 is 0. The number of rotatable bonds is 3. The van der Waals surface area contributed by atoms with Crippen LogP contribution < -0.4 is 10.1 Å². The SMILES string of the molecule is CNc1ccc2c(c1)Oc1cc(C)ccc1C2c1ccccc1C(=O)OC.